The molecule has 0 saturated heterocycles. The highest BCUT2D eigenvalue weighted by Gasteiger charge is 2.19. The number of nitro benzene ring substituents is 2. The number of hydrogen-bond acceptors (Lipinski definition) is 11. The molecule has 0 aliphatic heterocycles. The van der Waals surface area contributed by atoms with Crippen molar-refractivity contribution in [1.82, 2.24) is 4.37 Å². The molecule has 0 saturated carbocycles. The largest absolute Gasteiger partial charge is 0.293 e. The number of nitriles is 1. The number of thioether (sulfide) groups is 2. The minimum absolute atomic E-state index is 0.0118. The van der Waals surface area contributed by atoms with Gasteiger partial charge in [0.05, 0.1) is 21.4 Å². The molecule has 0 atom stereocenters. The van der Waals surface area contributed by atoms with E-state index in [0.717, 1.165) is 35.1 Å². The summed E-state index contributed by atoms with van der Waals surface area (Å²) in [6.07, 6.45) is 0. The summed E-state index contributed by atoms with van der Waals surface area (Å²) in [7, 11) is 0. The minimum Gasteiger partial charge on any atom is -0.293 e. The second-order valence-corrected chi connectivity index (χ2v) is 9.28. The van der Waals surface area contributed by atoms with E-state index >= 15 is 0 Å². The zero-order chi connectivity index (χ0) is 24.0. The number of ketones is 2. The average Bonchev–Trinajstić information content (AvgIpc) is 3.22. The van der Waals surface area contributed by atoms with Gasteiger partial charge in [-0.05, 0) is 35.8 Å². The van der Waals surface area contributed by atoms with Crippen LogP contribution in [0.1, 0.15) is 26.3 Å². The normalized spacial score (nSPS) is 10.4. The first kappa shape index (κ1) is 24.1. The molecule has 0 N–H and O–H groups in total. The molecule has 166 valence electrons. The topological polar surface area (TPSA) is 157 Å². The lowest BCUT2D eigenvalue weighted by molar-refractivity contribution is -0.385. The Kier molecular flexibility index (Phi) is 7.88. The Labute approximate surface area is 199 Å². The number of hydrogen-bond donors (Lipinski definition) is 0. The van der Waals surface area contributed by atoms with Gasteiger partial charge in [-0.2, -0.15) is 9.64 Å². The van der Waals surface area contributed by atoms with Crippen LogP contribution in [-0.4, -0.2) is 37.3 Å². The Balaban J connectivity index is 1.60. The molecule has 0 aliphatic carbocycles. The van der Waals surface area contributed by atoms with Crippen LogP contribution in [0.5, 0.6) is 0 Å². The molecule has 33 heavy (non-hydrogen) atoms. The number of benzene rings is 2. The van der Waals surface area contributed by atoms with Crippen molar-refractivity contribution < 1.29 is 19.4 Å². The molecule has 0 aliphatic rings. The molecule has 0 amide bonds. The van der Waals surface area contributed by atoms with E-state index < -0.39 is 9.85 Å². The molecule has 10 nitrogen and oxygen atoms in total. The number of rotatable bonds is 10. The second-order valence-electron chi connectivity index (χ2n) is 6.29. The number of carbonyl (C=O) groups excluding carboxylic acids is 2. The SMILES string of the molecule is N#Cc1c(SCC(=O)c2ccc([N+](=O)[O-])cc2)nsc1SCC(=O)c1ccc([N+](=O)[O-])cc1. The monoisotopic (exact) mass is 500 g/mol. The zero-order valence-electron chi connectivity index (χ0n) is 16.5. The van der Waals surface area contributed by atoms with Crippen molar-refractivity contribution in [2.45, 2.75) is 9.24 Å². The van der Waals surface area contributed by atoms with Crippen LogP contribution in [0, 0.1) is 31.6 Å². The van der Waals surface area contributed by atoms with E-state index in [4.69, 9.17) is 0 Å². The number of non-ortho nitro benzene ring substituents is 2. The molecule has 0 unspecified atom stereocenters. The molecule has 1 heterocycles. The van der Waals surface area contributed by atoms with Gasteiger partial charge in [-0.25, -0.2) is 0 Å². The third-order valence-corrected chi connectivity index (χ3v) is 7.40. The Morgan fingerprint density at radius 3 is 1.76 bits per heavy atom. The summed E-state index contributed by atoms with van der Waals surface area (Å²) in [5.74, 6) is -0.521. The van der Waals surface area contributed by atoms with Gasteiger partial charge in [-0.3, -0.25) is 29.8 Å². The second kappa shape index (κ2) is 10.8. The van der Waals surface area contributed by atoms with E-state index in [1.54, 1.807) is 0 Å². The Bertz CT molecular complexity index is 1180. The van der Waals surface area contributed by atoms with Crippen molar-refractivity contribution in [3.8, 4) is 6.07 Å². The van der Waals surface area contributed by atoms with Gasteiger partial charge in [0.1, 0.15) is 20.9 Å². The summed E-state index contributed by atoms with van der Waals surface area (Å²) in [4.78, 5) is 45.0. The van der Waals surface area contributed by atoms with Crippen molar-refractivity contribution in [2.24, 2.45) is 0 Å². The van der Waals surface area contributed by atoms with E-state index in [-0.39, 0.29) is 40.0 Å². The van der Waals surface area contributed by atoms with Gasteiger partial charge in [0.2, 0.25) is 0 Å². The van der Waals surface area contributed by atoms with Crippen LogP contribution in [0.25, 0.3) is 0 Å². The van der Waals surface area contributed by atoms with E-state index in [9.17, 15) is 35.1 Å². The fourth-order valence-corrected chi connectivity index (χ4v) is 5.41. The van der Waals surface area contributed by atoms with Gasteiger partial charge in [-0.15, -0.1) is 11.8 Å². The van der Waals surface area contributed by atoms with Gasteiger partial charge in [-0.1, -0.05) is 11.8 Å². The standard InChI is InChI=1S/C20H12N4O6S3/c21-9-16-19(31-10-17(25)12-1-5-14(6-2-12)23(27)28)22-33-20(16)32-11-18(26)13-3-7-15(8-4-13)24(29)30/h1-8H,10-11H2. The molecule has 0 fully saturated rings. The first-order valence-corrected chi connectivity index (χ1v) is 11.7. The molecule has 13 heteroatoms. The lowest BCUT2D eigenvalue weighted by Gasteiger charge is -2.01. The molecule has 0 spiro atoms. The maximum atomic E-state index is 12.4. The van der Waals surface area contributed by atoms with Crippen LogP contribution in [-0.2, 0) is 0 Å². The highest BCUT2D eigenvalue weighted by molar-refractivity contribution is 8.02. The third kappa shape index (κ3) is 6.01. The number of Topliss-reactive ketones (excluding diaryl/α,β-unsaturated/α-hetero) is 2. The zero-order valence-corrected chi connectivity index (χ0v) is 18.9. The molecular formula is C20H12N4O6S3. The highest BCUT2D eigenvalue weighted by atomic mass is 32.2. The lowest BCUT2D eigenvalue weighted by Crippen LogP contribution is -2.03. The summed E-state index contributed by atoms with van der Waals surface area (Å²) in [5.41, 5.74) is 0.668. The molecule has 0 bridgehead atoms. The van der Waals surface area contributed by atoms with E-state index in [0.29, 0.717) is 20.4 Å². The predicted octanol–water partition coefficient (Wildman–Crippen LogP) is 4.78. The van der Waals surface area contributed by atoms with Crippen LogP contribution < -0.4 is 0 Å². The smallest absolute Gasteiger partial charge is 0.269 e. The number of carbonyl (C=O) groups is 2. The van der Waals surface area contributed by atoms with E-state index in [1.807, 2.05) is 6.07 Å². The van der Waals surface area contributed by atoms with Crippen molar-refractivity contribution >= 4 is 58.0 Å². The van der Waals surface area contributed by atoms with Crippen molar-refractivity contribution in [2.75, 3.05) is 11.5 Å². The number of aromatic nitrogens is 1. The molecule has 1 aromatic heterocycles. The van der Waals surface area contributed by atoms with Gasteiger partial charge in [0.25, 0.3) is 11.4 Å². The molecule has 2 aromatic carbocycles. The Hall–Kier alpha value is -3.60. The predicted molar refractivity (Wildman–Crippen MR) is 123 cm³/mol. The summed E-state index contributed by atoms with van der Waals surface area (Å²) < 4.78 is 4.73. The Morgan fingerprint density at radius 1 is 0.879 bits per heavy atom. The first-order chi connectivity index (χ1) is 15.8. The van der Waals surface area contributed by atoms with Crippen LogP contribution >= 0.6 is 35.1 Å². The van der Waals surface area contributed by atoms with Gasteiger partial charge >= 0.3 is 0 Å². The van der Waals surface area contributed by atoms with Crippen LogP contribution in [0.15, 0.2) is 57.8 Å². The fraction of sp³-hybridized carbons (Fsp3) is 0.100. The van der Waals surface area contributed by atoms with Crippen molar-refractivity contribution in [3.05, 3.63) is 85.4 Å². The maximum absolute atomic E-state index is 12.4. The first-order valence-electron chi connectivity index (χ1n) is 9.01. The van der Waals surface area contributed by atoms with Crippen LogP contribution in [0.4, 0.5) is 11.4 Å². The fourth-order valence-electron chi connectivity index (χ4n) is 2.52. The molecule has 3 rings (SSSR count). The lowest BCUT2D eigenvalue weighted by atomic mass is 10.1. The minimum atomic E-state index is -0.553. The van der Waals surface area contributed by atoms with Gasteiger partial charge < -0.3 is 0 Å². The van der Waals surface area contributed by atoms with E-state index in [2.05, 4.69) is 4.37 Å². The summed E-state index contributed by atoms with van der Waals surface area (Å²) in [5, 5.41) is 31.3. The quantitative estimate of drug-likeness (QED) is 0.164. The van der Waals surface area contributed by atoms with Crippen LogP contribution in [0.3, 0.4) is 0 Å². The Morgan fingerprint density at radius 2 is 1.33 bits per heavy atom. The molecular weight excluding hydrogens is 488 g/mol. The average molecular weight is 501 g/mol. The summed E-state index contributed by atoms with van der Waals surface area (Å²) in [6, 6.07) is 12.5. The summed E-state index contributed by atoms with van der Waals surface area (Å²) in [6.45, 7) is 0. The third-order valence-electron chi connectivity index (χ3n) is 4.22. The molecule has 0 radical (unpaired) electrons. The number of nitro groups is 2. The van der Waals surface area contributed by atoms with Crippen molar-refractivity contribution in [3.63, 3.8) is 0 Å². The molecule has 3 aromatic rings. The van der Waals surface area contributed by atoms with Crippen molar-refractivity contribution in [1.29, 1.82) is 5.26 Å². The maximum Gasteiger partial charge on any atom is 0.269 e. The van der Waals surface area contributed by atoms with Crippen LogP contribution in [0.2, 0.25) is 0 Å². The van der Waals surface area contributed by atoms with E-state index in [1.165, 1.54) is 48.5 Å². The van der Waals surface area contributed by atoms with Gasteiger partial charge in [0.15, 0.2) is 11.6 Å². The van der Waals surface area contributed by atoms with Gasteiger partial charge in [0, 0.05) is 35.4 Å². The number of nitrogens with zero attached hydrogens (tertiary/aromatic N) is 4. The summed E-state index contributed by atoms with van der Waals surface area (Å²) >= 11 is 3.24. The highest BCUT2D eigenvalue weighted by Crippen LogP contribution is 2.35.